The minimum absolute atomic E-state index is 0.114. The Morgan fingerprint density at radius 3 is 2.76 bits per heavy atom. The summed E-state index contributed by atoms with van der Waals surface area (Å²) in [5.74, 6) is -0.168. The highest BCUT2D eigenvalue weighted by Crippen LogP contribution is 2.22. The lowest BCUT2D eigenvalue weighted by Crippen LogP contribution is -2.49. The second kappa shape index (κ2) is 7.04. The number of carbonyl (C=O) groups excluding carboxylic acids is 2. The summed E-state index contributed by atoms with van der Waals surface area (Å²) in [6.45, 7) is 3.84. The van der Waals surface area contributed by atoms with Gasteiger partial charge in [0.05, 0.1) is 5.69 Å². The molecule has 0 radical (unpaired) electrons. The molecule has 2 amide bonds. The van der Waals surface area contributed by atoms with E-state index >= 15 is 0 Å². The van der Waals surface area contributed by atoms with Crippen molar-refractivity contribution in [3.05, 3.63) is 42.2 Å². The maximum absolute atomic E-state index is 14.4. The number of hydrogen-bond acceptors (Lipinski definition) is 3. The van der Waals surface area contributed by atoms with E-state index in [2.05, 4.69) is 10.3 Å². The number of nitrogens with zero attached hydrogens (tertiary/aromatic N) is 3. The number of nitrogens with one attached hydrogen (secondary N) is 1. The molecule has 3 rings (SSSR count). The molecule has 1 aromatic carbocycles. The lowest BCUT2D eigenvalue weighted by Gasteiger charge is -2.33. The minimum atomic E-state index is -0.495. The molecule has 1 fully saturated rings. The summed E-state index contributed by atoms with van der Waals surface area (Å²) in [4.78, 5) is 29.9. The van der Waals surface area contributed by atoms with Crippen molar-refractivity contribution in [3.8, 4) is 5.69 Å². The molecule has 0 spiro atoms. The number of rotatable bonds is 3. The number of aryl methyl sites for hydroxylation is 1. The molecule has 1 N–H and O–H groups in total. The average molecular weight is 344 g/mol. The van der Waals surface area contributed by atoms with Gasteiger partial charge in [-0.2, -0.15) is 0 Å². The number of benzene rings is 1. The molecule has 1 aromatic heterocycles. The zero-order chi connectivity index (χ0) is 18.0. The maximum Gasteiger partial charge on any atom is 0.247 e. The Morgan fingerprint density at radius 1 is 1.32 bits per heavy atom. The van der Waals surface area contributed by atoms with E-state index in [1.807, 2.05) is 0 Å². The van der Waals surface area contributed by atoms with Crippen molar-refractivity contribution in [3.63, 3.8) is 0 Å². The van der Waals surface area contributed by atoms with E-state index < -0.39 is 11.9 Å². The van der Waals surface area contributed by atoms with Gasteiger partial charge in [0.15, 0.2) is 0 Å². The molecular formula is C18H21FN4O2. The third-order valence-corrected chi connectivity index (χ3v) is 4.51. The van der Waals surface area contributed by atoms with Crippen LogP contribution >= 0.6 is 0 Å². The number of halogens is 1. The number of anilines is 1. The van der Waals surface area contributed by atoms with Gasteiger partial charge in [0.2, 0.25) is 11.8 Å². The Labute approximate surface area is 145 Å². The van der Waals surface area contributed by atoms with Crippen LogP contribution in [0.1, 0.15) is 32.0 Å². The molecule has 1 atom stereocenters. The van der Waals surface area contributed by atoms with Crippen LogP contribution in [0.5, 0.6) is 0 Å². The molecule has 25 heavy (non-hydrogen) atoms. The van der Waals surface area contributed by atoms with Crippen LogP contribution in [0.3, 0.4) is 0 Å². The number of likely N-dealkylation sites (tertiary alicyclic amines) is 1. The van der Waals surface area contributed by atoms with Crippen molar-refractivity contribution < 1.29 is 14.0 Å². The van der Waals surface area contributed by atoms with E-state index in [9.17, 15) is 14.0 Å². The second-order valence-electron chi connectivity index (χ2n) is 6.22. The molecule has 1 aliphatic heterocycles. The summed E-state index contributed by atoms with van der Waals surface area (Å²) in [6.07, 6.45) is 5.70. The first-order valence-corrected chi connectivity index (χ1v) is 8.35. The van der Waals surface area contributed by atoms with E-state index in [-0.39, 0.29) is 11.8 Å². The van der Waals surface area contributed by atoms with Crippen LogP contribution in [-0.4, -0.2) is 38.9 Å². The standard InChI is InChI=1S/C18H21FN4O2/c1-12-20-8-10-22(12)16-7-6-14(11-15(16)19)21-18(25)17-5-3-4-9-23(17)13(2)24/h6-8,10-11,17H,3-5,9H2,1-2H3,(H,21,25)/t17-/m1/s1. The Bertz CT molecular complexity index is 802. The van der Waals surface area contributed by atoms with Crippen LogP contribution < -0.4 is 5.32 Å². The van der Waals surface area contributed by atoms with Crippen LogP contribution in [0.2, 0.25) is 0 Å². The molecule has 2 heterocycles. The summed E-state index contributed by atoms with van der Waals surface area (Å²) in [6, 6.07) is 4.04. The lowest BCUT2D eigenvalue weighted by molar-refractivity contribution is -0.138. The SMILES string of the molecule is CC(=O)N1CCCC[C@@H]1C(=O)Nc1ccc(-n2ccnc2C)c(F)c1. The van der Waals surface area contributed by atoms with Crippen LogP contribution in [0.4, 0.5) is 10.1 Å². The van der Waals surface area contributed by atoms with Crippen LogP contribution in [0.25, 0.3) is 5.69 Å². The Kier molecular flexibility index (Phi) is 4.83. The fraction of sp³-hybridized carbons (Fsp3) is 0.389. The van der Waals surface area contributed by atoms with Gasteiger partial charge in [-0.1, -0.05) is 0 Å². The van der Waals surface area contributed by atoms with Crippen LogP contribution in [0, 0.1) is 12.7 Å². The molecule has 0 bridgehead atoms. The molecule has 6 nitrogen and oxygen atoms in total. The normalized spacial score (nSPS) is 17.4. The fourth-order valence-electron chi connectivity index (χ4n) is 3.22. The molecule has 1 aliphatic rings. The van der Waals surface area contributed by atoms with E-state index in [1.54, 1.807) is 40.9 Å². The smallest absolute Gasteiger partial charge is 0.247 e. The highest BCUT2D eigenvalue weighted by atomic mass is 19.1. The third-order valence-electron chi connectivity index (χ3n) is 4.51. The van der Waals surface area contributed by atoms with Gasteiger partial charge in [0.1, 0.15) is 17.7 Å². The van der Waals surface area contributed by atoms with Gasteiger partial charge in [0.25, 0.3) is 0 Å². The first-order valence-electron chi connectivity index (χ1n) is 8.35. The van der Waals surface area contributed by atoms with Crippen LogP contribution in [-0.2, 0) is 9.59 Å². The van der Waals surface area contributed by atoms with E-state index in [0.29, 0.717) is 30.2 Å². The number of hydrogen-bond donors (Lipinski definition) is 1. The topological polar surface area (TPSA) is 67.2 Å². The largest absolute Gasteiger partial charge is 0.331 e. The van der Waals surface area contributed by atoms with Crippen molar-refractivity contribution in [2.45, 2.75) is 39.2 Å². The second-order valence-corrected chi connectivity index (χ2v) is 6.22. The first-order chi connectivity index (χ1) is 12.0. The zero-order valence-corrected chi connectivity index (χ0v) is 14.3. The number of carbonyl (C=O) groups is 2. The lowest BCUT2D eigenvalue weighted by atomic mass is 10.0. The quantitative estimate of drug-likeness (QED) is 0.931. The molecule has 1 saturated heterocycles. The monoisotopic (exact) mass is 344 g/mol. The fourth-order valence-corrected chi connectivity index (χ4v) is 3.22. The number of amides is 2. The number of piperidine rings is 1. The number of aromatic nitrogens is 2. The maximum atomic E-state index is 14.4. The zero-order valence-electron chi connectivity index (χ0n) is 14.3. The predicted octanol–water partition coefficient (Wildman–Crippen LogP) is 2.66. The molecule has 0 saturated carbocycles. The average Bonchev–Trinajstić information content (AvgIpc) is 3.01. The van der Waals surface area contributed by atoms with Crippen molar-refractivity contribution >= 4 is 17.5 Å². The van der Waals surface area contributed by atoms with Crippen molar-refractivity contribution in [1.29, 1.82) is 0 Å². The van der Waals surface area contributed by atoms with Gasteiger partial charge >= 0.3 is 0 Å². The van der Waals surface area contributed by atoms with Crippen LogP contribution in [0.15, 0.2) is 30.6 Å². The molecule has 7 heteroatoms. The van der Waals surface area contributed by atoms with Gasteiger partial charge in [0, 0.05) is 31.5 Å². The van der Waals surface area contributed by atoms with Gasteiger partial charge < -0.3 is 14.8 Å². The minimum Gasteiger partial charge on any atom is -0.331 e. The Morgan fingerprint density at radius 2 is 2.12 bits per heavy atom. The first kappa shape index (κ1) is 17.1. The molecule has 132 valence electrons. The molecule has 2 aromatic rings. The van der Waals surface area contributed by atoms with Gasteiger partial charge in [-0.05, 0) is 44.4 Å². The summed E-state index contributed by atoms with van der Waals surface area (Å²) < 4.78 is 16.1. The highest BCUT2D eigenvalue weighted by molar-refractivity contribution is 5.97. The molecular weight excluding hydrogens is 323 g/mol. The van der Waals surface area contributed by atoms with E-state index in [0.717, 1.165) is 12.8 Å². The predicted molar refractivity (Wildman–Crippen MR) is 91.9 cm³/mol. The summed E-state index contributed by atoms with van der Waals surface area (Å²) in [7, 11) is 0. The molecule has 0 aliphatic carbocycles. The van der Waals surface area contributed by atoms with E-state index in [1.165, 1.54) is 13.0 Å². The summed E-state index contributed by atoms with van der Waals surface area (Å²) in [5.41, 5.74) is 0.745. The summed E-state index contributed by atoms with van der Waals surface area (Å²) in [5, 5.41) is 2.73. The van der Waals surface area contributed by atoms with Crippen molar-refractivity contribution in [1.82, 2.24) is 14.5 Å². The van der Waals surface area contributed by atoms with E-state index in [4.69, 9.17) is 0 Å². The summed E-state index contributed by atoms with van der Waals surface area (Å²) >= 11 is 0. The highest BCUT2D eigenvalue weighted by Gasteiger charge is 2.30. The Balaban J connectivity index is 1.77. The van der Waals surface area contributed by atoms with Gasteiger partial charge in [-0.15, -0.1) is 0 Å². The molecule has 0 unspecified atom stereocenters. The third kappa shape index (κ3) is 3.55. The van der Waals surface area contributed by atoms with Crippen molar-refractivity contribution in [2.24, 2.45) is 0 Å². The van der Waals surface area contributed by atoms with Gasteiger partial charge in [-0.3, -0.25) is 9.59 Å². The van der Waals surface area contributed by atoms with Crippen molar-refractivity contribution in [2.75, 3.05) is 11.9 Å². The Hall–Kier alpha value is -2.70. The number of imidazole rings is 1. The van der Waals surface area contributed by atoms with Gasteiger partial charge in [-0.25, -0.2) is 9.37 Å².